The molecule has 0 aliphatic heterocycles. The van der Waals surface area contributed by atoms with Crippen molar-refractivity contribution in [2.75, 3.05) is 6.54 Å². The van der Waals surface area contributed by atoms with Gasteiger partial charge in [-0.1, -0.05) is 18.2 Å². The first-order chi connectivity index (χ1) is 11.7. The van der Waals surface area contributed by atoms with Gasteiger partial charge in [0.15, 0.2) is 0 Å². The Balaban J connectivity index is 1.44. The third-order valence-corrected chi connectivity index (χ3v) is 4.11. The van der Waals surface area contributed by atoms with Gasteiger partial charge in [0.05, 0.1) is 11.0 Å². The number of fused-ring (bicyclic) bond motifs is 2. The number of nitrogens with one attached hydrogen (secondary N) is 1. The van der Waals surface area contributed by atoms with E-state index < -0.39 is 0 Å². The molecule has 1 amide bonds. The lowest BCUT2D eigenvalue weighted by molar-refractivity contribution is 0.0949. The summed E-state index contributed by atoms with van der Waals surface area (Å²) in [4.78, 5) is 21.2. The normalized spacial score (nSPS) is 11.2. The van der Waals surface area contributed by atoms with Gasteiger partial charge < -0.3 is 14.3 Å². The molecule has 0 bridgehead atoms. The first-order valence-corrected chi connectivity index (χ1v) is 7.84. The second-order valence-corrected chi connectivity index (χ2v) is 5.67. The van der Waals surface area contributed by atoms with Gasteiger partial charge in [0.1, 0.15) is 17.2 Å². The third-order valence-electron chi connectivity index (χ3n) is 4.11. The maximum absolute atomic E-state index is 12.2. The molecule has 3 aromatic heterocycles. The van der Waals surface area contributed by atoms with Crippen molar-refractivity contribution in [3.8, 4) is 0 Å². The van der Waals surface area contributed by atoms with E-state index in [1.165, 1.54) is 0 Å². The third kappa shape index (κ3) is 2.52. The minimum absolute atomic E-state index is 0.169. The van der Waals surface area contributed by atoms with Crippen LogP contribution in [0.2, 0.25) is 0 Å². The van der Waals surface area contributed by atoms with Gasteiger partial charge in [-0.2, -0.15) is 0 Å². The summed E-state index contributed by atoms with van der Waals surface area (Å²) < 4.78 is 3.90. The number of pyridine rings is 1. The number of amides is 1. The highest BCUT2D eigenvalue weighted by Gasteiger charge is 2.11. The second-order valence-electron chi connectivity index (χ2n) is 5.67. The van der Waals surface area contributed by atoms with E-state index in [0.717, 1.165) is 22.5 Å². The number of para-hydroxylation sites is 2. The van der Waals surface area contributed by atoms with E-state index in [2.05, 4.69) is 19.9 Å². The van der Waals surface area contributed by atoms with Crippen molar-refractivity contribution < 1.29 is 4.79 Å². The maximum atomic E-state index is 12.2. The van der Waals surface area contributed by atoms with Crippen molar-refractivity contribution in [3.05, 3.63) is 66.4 Å². The van der Waals surface area contributed by atoms with Gasteiger partial charge in [-0.25, -0.2) is 9.97 Å². The van der Waals surface area contributed by atoms with Crippen LogP contribution in [-0.4, -0.2) is 31.4 Å². The highest BCUT2D eigenvalue weighted by molar-refractivity contribution is 5.92. The van der Waals surface area contributed by atoms with Crippen LogP contribution in [0.3, 0.4) is 0 Å². The van der Waals surface area contributed by atoms with Crippen LogP contribution in [0.1, 0.15) is 16.3 Å². The first-order valence-electron chi connectivity index (χ1n) is 7.84. The Labute approximate surface area is 138 Å². The molecule has 3 heterocycles. The molecule has 0 atom stereocenters. The number of rotatable bonds is 4. The van der Waals surface area contributed by atoms with Crippen molar-refractivity contribution in [1.29, 1.82) is 0 Å². The van der Waals surface area contributed by atoms with Crippen LogP contribution in [-0.2, 0) is 13.5 Å². The molecule has 6 nitrogen and oxygen atoms in total. The lowest BCUT2D eigenvalue weighted by Gasteiger charge is -2.04. The van der Waals surface area contributed by atoms with Crippen LogP contribution in [0.15, 0.2) is 54.9 Å². The molecule has 120 valence electrons. The van der Waals surface area contributed by atoms with Crippen LogP contribution < -0.4 is 5.32 Å². The van der Waals surface area contributed by atoms with Crippen LogP contribution in [0.5, 0.6) is 0 Å². The molecular formula is C18H17N5O. The summed E-state index contributed by atoms with van der Waals surface area (Å²) in [6.07, 6.45) is 4.28. The van der Waals surface area contributed by atoms with E-state index in [1.807, 2.05) is 60.1 Å². The van der Waals surface area contributed by atoms with Crippen molar-refractivity contribution in [1.82, 2.24) is 24.3 Å². The summed E-state index contributed by atoms with van der Waals surface area (Å²) in [7, 11) is 1.99. The van der Waals surface area contributed by atoms with Gasteiger partial charge >= 0.3 is 0 Å². The zero-order chi connectivity index (χ0) is 16.5. The number of benzene rings is 1. The topological polar surface area (TPSA) is 64.2 Å². The Bertz CT molecular complexity index is 997. The number of aryl methyl sites for hydroxylation is 1. The minimum atomic E-state index is -0.169. The molecule has 0 saturated heterocycles. The first kappa shape index (κ1) is 14.4. The molecule has 24 heavy (non-hydrogen) atoms. The molecule has 0 aliphatic carbocycles. The van der Waals surface area contributed by atoms with E-state index >= 15 is 0 Å². The summed E-state index contributed by atoms with van der Waals surface area (Å²) >= 11 is 0. The number of carbonyl (C=O) groups is 1. The molecule has 4 aromatic rings. The van der Waals surface area contributed by atoms with E-state index in [4.69, 9.17) is 0 Å². The highest BCUT2D eigenvalue weighted by Crippen LogP contribution is 2.14. The number of hydrogen-bond acceptors (Lipinski definition) is 3. The number of hydrogen-bond donors (Lipinski definition) is 1. The Morgan fingerprint density at radius 3 is 2.79 bits per heavy atom. The van der Waals surface area contributed by atoms with Crippen molar-refractivity contribution in [2.24, 2.45) is 7.05 Å². The predicted octanol–water partition coefficient (Wildman–Crippen LogP) is 2.19. The van der Waals surface area contributed by atoms with Gasteiger partial charge in [0.2, 0.25) is 0 Å². The average molecular weight is 319 g/mol. The summed E-state index contributed by atoms with van der Waals surface area (Å²) in [6, 6.07) is 13.7. The van der Waals surface area contributed by atoms with E-state index in [0.29, 0.717) is 18.7 Å². The molecule has 1 aromatic carbocycles. The molecule has 1 N–H and O–H groups in total. The smallest absolute Gasteiger partial charge is 0.271 e. The van der Waals surface area contributed by atoms with Gasteiger partial charge in [-0.3, -0.25) is 4.79 Å². The zero-order valence-electron chi connectivity index (χ0n) is 13.3. The van der Waals surface area contributed by atoms with Gasteiger partial charge in [-0.15, -0.1) is 0 Å². The number of imidazole rings is 2. The minimum Gasteiger partial charge on any atom is -0.350 e. The SMILES string of the molecule is Cn1c(CCNC(=O)c2cn3ccccc3n2)nc2ccccc21. The summed E-state index contributed by atoms with van der Waals surface area (Å²) in [6.45, 7) is 0.518. The molecule has 4 rings (SSSR count). The van der Waals surface area contributed by atoms with Gasteiger partial charge in [-0.05, 0) is 24.3 Å². The second kappa shape index (κ2) is 5.81. The average Bonchev–Trinajstić information content (AvgIpc) is 3.17. The van der Waals surface area contributed by atoms with Crippen LogP contribution >= 0.6 is 0 Å². The molecule has 0 aliphatic rings. The molecule has 0 saturated carbocycles. The largest absolute Gasteiger partial charge is 0.350 e. The van der Waals surface area contributed by atoms with E-state index in [9.17, 15) is 4.79 Å². The summed E-state index contributed by atoms with van der Waals surface area (Å²) in [5.74, 6) is 0.781. The quantitative estimate of drug-likeness (QED) is 0.627. The number of nitrogens with zero attached hydrogens (tertiary/aromatic N) is 4. The van der Waals surface area contributed by atoms with E-state index in [-0.39, 0.29) is 5.91 Å². The van der Waals surface area contributed by atoms with E-state index in [1.54, 1.807) is 6.20 Å². The Kier molecular flexibility index (Phi) is 3.49. The predicted molar refractivity (Wildman–Crippen MR) is 91.9 cm³/mol. The highest BCUT2D eigenvalue weighted by atomic mass is 16.1. The summed E-state index contributed by atoms with van der Waals surface area (Å²) in [5.41, 5.74) is 3.25. The molecule has 0 fully saturated rings. The van der Waals surface area contributed by atoms with Crippen LogP contribution in [0.4, 0.5) is 0 Å². The van der Waals surface area contributed by atoms with Crippen molar-refractivity contribution in [2.45, 2.75) is 6.42 Å². The maximum Gasteiger partial charge on any atom is 0.271 e. The lowest BCUT2D eigenvalue weighted by Crippen LogP contribution is -2.26. The molecule has 0 radical (unpaired) electrons. The monoisotopic (exact) mass is 319 g/mol. The fourth-order valence-electron chi connectivity index (χ4n) is 2.84. The molecule has 0 unspecified atom stereocenters. The molecule has 0 spiro atoms. The van der Waals surface area contributed by atoms with Crippen molar-refractivity contribution >= 4 is 22.6 Å². The zero-order valence-corrected chi connectivity index (χ0v) is 13.3. The summed E-state index contributed by atoms with van der Waals surface area (Å²) in [5, 5.41) is 2.91. The van der Waals surface area contributed by atoms with Crippen molar-refractivity contribution in [3.63, 3.8) is 0 Å². The Morgan fingerprint density at radius 1 is 1.12 bits per heavy atom. The fourth-order valence-corrected chi connectivity index (χ4v) is 2.84. The van der Waals surface area contributed by atoms with Crippen LogP contribution in [0, 0.1) is 0 Å². The van der Waals surface area contributed by atoms with Crippen LogP contribution in [0.25, 0.3) is 16.7 Å². The van der Waals surface area contributed by atoms with Gasteiger partial charge in [0.25, 0.3) is 5.91 Å². The molecular weight excluding hydrogens is 302 g/mol. The Morgan fingerprint density at radius 2 is 1.96 bits per heavy atom. The van der Waals surface area contributed by atoms with Gasteiger partial charge in [0, 0.05) is 32.4 Å². The number of aromatic nitrogens is 4. The number of carbonyl (C=O) groups excluding carboxylic acids is 1. The fraction of sp³-hybridized carbons (Fsp3) is 0.167. The standard InChI is InChI=1S/C18H17N5O/c1-22-15-7-3-2-6-13(15)20-16(22)9-10-19-18(24)14-12-23-11-5-4-8-17(23)21-14/h2-8,11-12H,9-10H2,1H3,(H,19,24). The molecule has 6 heteroatoms. The lowest BCUT2D eigenvalue weighted by atomic mass is 10.3. The Hall–Kier alpha value is -3.15.